The summed E-state index contributed by atoms with van der Waals surface area (Å²) in [6.07, 6.45) is -0.252. The van der Waals surface area contributed by atoms with E-state index < -0.39 is 11.9 Å². The standard InChI is InChI=1S/C19H12ClF3N6.ClH/c20-13-4-1-11(2-5-13)14-7-16(19(21,22)23)28-18(27-14)29-9-15(26-10-29)12-3-6-17(24)25-8-12;/h1-10H,(H2,24,25);1H. The normalized spacial score (nSPS) is 11.2. The molecule has 11 heteroatoms. The summed E-state index contributed by atoms with van der Waals surface area (Å²) in [6.45, 7) is 0. The van der Waals surface area contributed by atoms with E-state index in [0.717, 1.165) is 6.07 Å². The number of halogens is 5. The largest absolute Gasteiger partial charge is 0.433 e. The predicted molar refractivity (Wildman–Crippen MR) is 109 cm³/mol. The highest BCUT2D eigenvalue weighted by atomic mass is 35.5. The number of nitrogens with two attached hydrogens (primary N) is 1. The van der Waals surface area contributed by atoms with Crippen LogP contribution in [0.2, 0.25) is 5.02 Å². The van der Waals surface area contributed by atoms with Gasteiger partial charge in [0, 0.05) is 28.5 Å². The quantitative estimate of drug-likeness (QED) is 0.469. The molecule has 0 aliphatic carbocycles. The first-order valence-electron chi connectivity index (χ1n) is 8.28. The molecule has 0 aliphatic rings. The highest BCUT2D eigenvalue weighted by molar-refractivity contribution is 6.30. The van der Waals surface area contributed by atoms with E-state index in [0.29, 0.717) is 27.7 Å². The van der Waals surface area contributed by atoms with Gasteiger partial charge >= 0.3 is 6.18 Å². The second-order valence-electron chi connectivity index (χ2n) is 6.08. The summed E-state index contributed by atoms with van der Waals surface area (Å²) in [4.78, 5) is 16.1. The number of alkyl halides is 3. The van der Waals surface area contributed by atoms with E-state index in [2.05, 4.69) is 19.9 Å². The van der Waals surface area contributed by atoms with E-state index in [1.165, 1.54) is 23.3 Å². The third-order valence-electron chi connectivity index (χ3n) is 4.04. The molecule has 3 heterocycles. The van der Waals surface area contributed by atoms with E-state index >= 15 is 0 Å². The molecule has 0 radical (unpaired) electrons. The topological polar surface area (TPSA) is 82.5 Å². The Hall–Kier alpha value is -3.17. The number of nitrogens with zero attached hydrogens (tertiary/aromatic N) is 5. The van der Waals surface area contributed by atoms with Gasteiger partial charge in [0.25, 0.3) is 0 Å². The molecule has 2 N–H and O–H groups in total. The van der Waals surface area contributed by atoms with Gasteiger partial charge in [-0.15, -0.1) is 12.4 Å². The number of imidazole rings is 1. The molecule has 0 unspecified atom stereocenters. The van der Waals surface area contributed by atoms with Crippen molar-refractivity contribution >= 4 is 29.8 Å². The fraction of sp³-hybridized carbons (Fsp3) is 0.0526. The minimum Gasteiger partial charge on any atom is -0.384 e. The molecule has 1 aromatic carbocycles. The number of nitrogen functional groups attached to an aromatic ring is 1. The van der Waals surface area contributed by atoms with Crippen LogP contribution < -0.4 is 5.73 Å². The van der Waals surface area contributed by atoms with Gasteiger partial charge in [-0.1, -0.05) is 23.7 Å². The van der Waals surface area contributed by atoms with Crippen LogP contribution in [-0.2, 0) is 6.18 Å². The van der Waals surface area contributed by atoms with Gasteiger partial charge in [0.2, 0.25) is 5.95 Å². The molecule has 0 aliphatic heterocycles. The zero-order chi connectivity index (χ0) is 20.6. The molecular weight excluding hydrogens is 440 g/mol. The average molecular weight is 453 g/mol. The molecule has 4 aromatic rings. The Morgan fingerprint density at radius 3 is 2.23 bits per heavy atom. The Kier molecular flexibility index (Phi) is 5.95. The van der Waals surface area contributed by atoms with Gasteiger partial charge < -0.3 is 5.73 Å². The Bertz CT molecular complexity index is 1160. The van der Waals surface area contributed by atoms with E-state index in [-0.39, 0.29) is 24.0 Å². The summed E-state index contributed by atoms with van der Waals surface area (Å²) in [5, 5.41) is 0.468. The minimum atomic E-state index is -4.64. The van der Waals surface area contributed by atoms with Crippen LogP contribution in [0.5, 0.6) is 0 Å². The Labute approximate surface area is 180 Å². The molecule has 6 nitrogen and oxygen atoms in total. The van der Waals surface area contributed by atoms with Gasteiger partial charge in [0.05, 0.1) is 11.4 Å². The van der Waals surface area contributed by atoms with Gasteiger partial charge in [-0.05, 0) is 30.3 Å². The Morgan fingerprint density at radius 1 is 0.900 bits per heavy atom. The van der Waals surface area contributed by atoms with Gasteiger partial charge in [0.1, 0.15) is 12.1 Å². The van der Waals surface area contributed by atoms with Crippen LogP contribution in [0.4, 0.5) is 19.0 Å². The van der Waals surface area contributed by atoms with Crippen LogP contribution in [0.15, 0.2) is 61.2 Å². The minimum absolute atomic E-state index is 0. The van der Waals surface area contributed by atoms with E-state index in [1.807, 2.05) is 0 Å². The second-order valence-corrected chi connectivity index (χ2v) is 6.52. The monoisotopic (exact) mass is 452 g/mol. The lowest BCUT2D eigenvalue weighted by molar-refractivity contribution is -0.141. The van der Waals surface area contributed by atoms with Gasteiger partial charge in [-0.2, -0.15) is 13.2 Å². The lowest BCUT2D eigenvalue weighted by Crippen LogP contribution is -2.12. The predicted octanol–water partition coefficient (Wildman–Crippen LogP) is 5.07. The van der Waals surface area contributed by atoms with Gasteiger partial charge in [0.15, 0.2) is 5.69 Å². The molecule has 30 heavy (non-hydrogen) atoms. The maximum atomic E-state index is 13.4. The summed E-state index contributed by atoms with van der Waals surface area (Å²) >= 11 is 5.86. The maximum absolute atomic E-state index is 13.4. The second kappa shape index (κ2) is 8.29. The van der Waals surface area contributed by atoms with Crippen LogP contribution in [0.1, 0.15) is 5.69 Å². The van der Waals surface area contributed by atoms with Crippen LogP contribution in [0.25, 0.3) is 28.5 Å². The molecular formula is C19H13Cl2F3N6. The van der Waals surface area contributed by atoms with Gasteiger partial charge in [-0.3, -0.25) is 4.57 Å². The highest BCUT2D eigenvalue weighted by Crippen LogP contribution is 2.31. The summed E-state index contributed by atoms with van der Waals surface area (Å²) < 4.78 is 41.5. The average Bonchev–Trinajstić information content (AvgIpc) is 3.18. The van der Waals surface area contributed by atoms with Crippen molar-refractivity contribution in [1.82, 2.24) is 24.5 Å². The van der Waals surface area contributed by atoms with Crippen molar-refractivity contribution in [3.05, 3.63) is 71.9 Å². The van der Waals surface area contributed by atoms with Crippen molar-refractivity contribution in [2.75, 3.05) is 5.73 Å². The lowest BCUT2D eigenvalue weighted by Gasteiger charge is -2.11. The summed E-state index contributed by atoms with van der Waals surface area (Å²) in [7, 11) is 0. The Balaban J connectivity index is 0.00000256. The highest BCUT2D eigenvalue weighted by Gasteiger charge is 2.34. The molecule has 3 aromatic heterocycles. The molecule has 0 saturated heterocycles. The van der Waals surface area contributed by atoms with Crippen LogP contribution in [0.3, 0.4) is 0 Å². The van der Waals surface area contributed by atoms with Crippen LogP contribution in [0, 0.1) is 0 Å². The number of hydrogen-bond donors (Lipinski definition) is 1. The smallest absolute Gasteiger partial charge is 0.384 e. The zero-order valence-corrected chi connectivity index (χ0v) is 16.6. The molecule has 0 saturated carbocycles. The number of benzene rings is 1. The number of hydrogen-bond acceptors (Lipinski definition) is 5. The molecule has 0 amide bonds. The van der Waals surface area contributed by atoms with Crippen molar-refractivity contribution in [3.63, 3.8) is 0 Å². The third-order valence-corrected chi connectivity index (χ3v) is 4.29. The number of pyridine rings is 1. The summed E-state index contributed by atoms with van der Waals surface area (Å²) in [6, 6.07) is 10.6. The molecule has 154 valence electrons. The third kappa shape index (κ3) is 4.52. The first kappa shape index (κ1) is 21.5. The molecule has 4 rings (SSSR count). The van der Waals surface area contributed by atoms with Crippen LogP contribution in [-0.4, -0.2) is 24.5 Å². The molecule has 0 spiro atoms. The fourth-order valence-corrected chi connectivity index (χ4v) is 2.73. The Morgan fingerprint density at radius 2 is 1.60 bits per heavy atom. The zero-order valence-electron chi connectivity index (χ0n) is 15.0. The van der Waals surface area contributed by atoms with Gasteiger partial charge in [-0.25, -0.2) is 19.9 Å². The lowest BCUT2D eigenvalue weighted by atomic mass is 10.1. The fourth-order valence-electron chi connectivity index (χ4n) is 2.60. The van der Waals surface area contributed by atoms with Crippen molar-refractivity contribution < 1.29 is 13.2 Å². The first-order valence-corrected chi connectivity index (χ1v) is 8.66. The first-order chi connectivity index (χ1) is 13.8. The van der Waals surface area contributed by atoms with Crippen LogP contribution >= 0.6 is 24.0 Å². The van der Waals surface area contributed by atoms with E-state index in [1.54, 1.807) is 36.4 Å². The molecule has 0 fully saturated rings. The van der Waals surface area contributed by atoms with Crippen molar-refractivity contribution in [1.29, 1.82) is 0 Å². The van der Waals surface area contributed by atoms with E-state index in [4.69, 9.17) is 17.3 Å². The number of rotatable bonds is 3. The maximum Gasteiger partial charge on any atom is 0.433 e. The summed E-state index contributed by atoms with van der Waals surface area (Å²) in [5.74, 6) is 0.189. The number of aromatic nitrogens is 5. The molecule has 0 atom stereocenters. The van der Waals surface area contributed by atoms with E-state index in [9.17, 15) is 13.2 Å². The number of anilines is 1. The van der Waals surface area contributed by atoms with Crippen molar-refractivity contribution in [2.45, 2.75) is 6.18 Å². The van der Waals surface area contributed by atoms with Crippen molar-refractivity contribution in [3.8, 4) is 28.5 Å². The summed E-state index contributed by atoms with van der Waals surface area (Å²) in [5.41, 5.74) is 6.25. The SMILES string of the molecule is Cl.Nc1ccc(-c2cn(-c3nc(-c4ccc(Cl)cc4)cc(C(F)(F)F)n3)cn2)cn1. The van der Waals surface area contributed by atoms with Crippen molar-refractivity contribution in [2.24, 2.45) is 0 Å². The molecule has 0 bridgehead atoms.